The zero-order valence-corrected chi connectivity index (χ0v) is 18.4. The van der Waals surface area contributed by atoms with Gasteiger partial charge in [0.1, 0.15) is 30.3 Å². The molecule has 31 heavy (non-hydrogen) atoms. The molecule has 1 unspecified atom stereocenters. The molecule has 9 nitrogen and oxygen atoms in total. The van der Waals surface area contributed by atoms with Gasteiger partial charge in [0, 0.05) is 32.6 Å². The predicted octanol–water partition coefficient (Wildman–Crippen LogP) is 1.79. The molecule has 2 aliphatic rings. The van der Waals surface area contributed by atoms with E-state index in [1.807, 2.05) is 0 Å². The van der Waals surface area contributed by atoms with Crippen molar-refractivity contribution >= 4 is 11.9 Å². The lowest BCUT2D eigenvalue weighted by atomic mass is 9.76. The summed E-state index contributed by atoms with van der Waals surface area (Å²) in [5.41, 5.74) is -0.0814. The molecule has 0 aliphatic carbocycles. The molecule has 2 aliphatic heterocycles. The zero-order chi connectivity index (χ0) is 22.0. The summed E-state index contributed by atoms with van der Waals surface area (Å²) in [5.74, 6) is 0.944. The molecule has 4 rings (SSSR count). The highest BCUT2D eigenvalue weighted by Crippen LogP contribution is 2.43. The number of piperidine rings is 1. The van der Waals surface area contributed by atoms with Crippen molar-refractivity contribution in [3.8, 4) is 5.82 Å². The second-order valence-corrected chi connectivity index (χ2v) is 9.17. The van der Waals surface area contributed by atoms with Gasteiger partial charge >= 0.3 is 5.97 Å². The number of hydrogen-bond donors (Lipinski definition) is 0. The third kappa shape index (κ3) is 4.61. The van der Waals surface area contributed by atoms with E-state index in [0.29, 0.717) is 43.4 Å². The van der Waals surface area contributed by atoms with E-state index in [1.54, 1.807) is 40.3 Å². The van der Waals surface area contributed by atoms with Gasteiger partial charge in [-0.1, -0.05) is 19.9 Å². The smallest absolute Gasteiger partial charge is 0.312 e. The van der Waals surface area contributed by atoms with Gasteiger partial charge in [-0.15, -0.1) is 10.2 Å². The molecule has 166 valence electrons. The zero-order valence-electron chi connectivity index (χ0n) is 18.4. The molecule has 2 fully saturated rings. The number of carbonyl (C=O) groups is 2. The Balaban J connectivity index is 1.37. The van der Waals surface area contributed by atoms with E-state index < -0.39 is 5.41 Å². The van der Waals surface area contributed by atoms with Gasteiger partial charge in [0.2, 0.25) is 0 Å². The van der Waals surface area contributed by atoms with Crippen LogP contribution in [0.4, 0.5) is 0 Å². The third-order valence-corrected chi connectivity index (χ3v) is 6.16. The van der Waals surface area contributed by atoms with Crippen LogP contribution in [0.25, 0.3) is 5.82 Å². The van der Waals surface area contributed by atoms with Crippen molar-refractivity contribution in [1.82, 2.24) is 29.5 Å². The van der Waals surface area contributed by atoms with Crippen LogP contribution in [0, 0.1) is 11.3 Å². The molecule has 0 bridgehead atoms. The van der Waals surface area contributed by atoms with Gasteiger partial charge in [0.05, 0.1) is 5.41 Å². The lowest BCUT2D eigenvalue weighted by molar-refractivity contribution is -0.150. The maximum absolute atomic E-state index is 13.0. The number of likely N-dealkylation sites (N-methyl/N-ethyl adjacent to an activating group) is 1. The number of hydrogen-bond acceptors (Lipinski definition) is 7. The summed E-state index contributed by atoms with van der Waals surface area (Å²) in [4.78, 5) is 34.2. The topological polar surface area (TPSA) is 93.5 Å². The van der Waals surface area contributed by atoms with E-state index in [-0.39, 0.29) is 18.0 Å². The molecule has 4 heterocycles. The van der Waals surface area contributed by atoms with Crippen molar-refractivity contribution < 1.29 is 14.3 Å². The first kappa shape index (κ1) is 21.4. The number of pyridine rings is 1. The van der Waals surface area contributed by atoms with Crippen LogP contribution >= 0.6 is 0 Å². The summed E-state index contributed by atoms with van der Waals surface area (Å²) < 4.78 is 7.39. The quantitative estimate of drug-likeness (QED) is 0.650. The van der Waals surface area contributed by atoms with E-state index in [1.165, 1.54) is 0 Å². The Morgan fingerprint density at radius 2 is 1.97 bits per heavy atom. The van der Waals surface area contributed by atoms with Gasteiger partial charge in [0.25, 0.3) is 5.91 Å². The molecule has 9 heteroatoms. The van der Waals surface area contributed by atoms with E-state index in [4.69, 9.17) is 4.74 Å². The molecular weight excluding hydrogens is 396 g/mol. The van der Waals surface area contributed by atoms with Gasteiger partial charge in [0.15, 0.2) is 0 Å². The summed E-state index contributed by atoms with van der Waals surface area (Å²) in [7, 11) is 2.07. The minimum atomic E-state index is -0.460. The molecule has 2 aromatic rings. The number of nitrogens with zero attached hydrogens (tertiary/aromatic N) is 6. The first-order valence-corrected chi connectivity index (χ1v) is 10.9. The minimum Gasteiger partial charge on any atom is -0.461 e. The number of likely N-dealkylation sites (tertiary alicyclic amines) is 1. The number of esters is 1. The summed E-state index contributed by atoms with van der Waals surface area (Å²) in [6.07, 6.45) is 5.02. The molecule has 1 atom stereocenters. The van der Waals surface area contributed by atoms with Gasteiger partial charge in [-0.2, -0.15) is 0 Å². The van der Waals surface area contributed by atoms with Gasteiger partial charge < -0.3 is 14.5 Å². The average molecular weight is 427 g/mol. The summed E-state index contributed by atoms with van der Waals surface area (Å²) >= 11 is 0. The number of aromatic nitrogens is 4. The highest BCUT2D eigenvalue weighted by Gasteiger charge is 2.51. The normalized spacial score (nSPS) is 20.6. The molecule has 0 aromatic carbocycles. The molecular formula is C22H30N6O3. The summed E-state index contributed by atoms with van der Waals surface area (Å²) in [6, 6.07) is 5.31. The van der Waals surface area contributed by atoms with Crippen molar-refractivity contribution in [3.63, 3.8) is 0 Å². The molecule has 1 amide bonds. The maximum atomic E-state index is 13.0. The largest absolute Gasteiger partial charge is 0.461 e. The van der Waals surface area contributed by atoms with E-state index in [2.05, 4.69) is 41.0 Å². The Hall–Kier alpha value is -2.81. The SMILES string of the molecule is CC(C)CN(C)CC1CC2(CCN(C(=O)c3cccc(-n4cnnc4)n3)CC2)C(=O)O1. The number of ether oxygens (including phenoxy) is 1. The Kier molecular flexibility index (Phi) is 6.04. The average Bonchev–Trinajstić information content (AvgIpc) is 3.37. The molecule has 2 aromatic heterocycles. The van der Waals surface area contributed by atoms with Crippen LogP contribution in [0.2, 0.25) is 0 Å². The van der Waals surface area contributed by atoms with Gasteiger partial charge in [-0.3, -0.25) is 14.2 Å². The fourth-order valence-electron chi connectivity index (χ4n) is 4.70. The first-order chi connectivity index (χ1) is 14.9. The fraction of sp³-hybridized carbons (Fsp3) is 0.591. The maximum Gasteiger partial charge on any atom is 0.312 e. The summed E-state index contributed by atoms with van der Waals surface area (Å²) in [6.45, 7) is 7.16. The molecule has 0 radical (unpaired) electrons. The third-order valence-electron chi connectivity index (χ3n) is 6.16. The van der Waals surface area contributed by atoms with Crippen LogP contribution in [0.15, 0.2) is 30.9 Å². The van der Waals surface area contributed by atoms with Crippen molar-refractivity contribution in [2.24, 2.45) is 11.3 Å². The number of rotatable bonds is 6. The second-order valence-electron chi connectivity index (χ2n) is 9.17. The summed E-state index contributed by atoms with van der Waals surface area (Å²) in [5, 5.41) is 7.56. The van der Waals surface area contributed by atoms with E-state index in [0.717, 1.165) is 19.5 Å². The fourth-order valence-corrected chi connectivity index (χ4v) is 4.70. The molecule has 2 saturated heterocycles. The highest BCUT2D eigenvalue weighted by atomic mass is 16.6. The van der Waals surface area contributed by atoms with E-state index >= 15 is 0 Å². The standard InChI is InChI=1S/C22H30N6O3/c1-16(2)12-26(3)13-17-11-22(21(30)31-17)7-9-27(10-8-22)20(29)18-5-4-6-19(25-18)28-14-23-24-15-28/h4-6,14-17H,7-13H2,1-3H3. The van der Waals surface area contributed by atoms with Crippen LogP contribution < -0.4 is 0 Å². The Labute approximate surface area is 182 Å². The van der Waals surface area contributed by atoms with E-state index in [9.17, 15) is 9.59 Å². The van der Waals surface area contributed by atoms with Crippen LogP contribution in [0.1, 0.15) is 43.6 Å². The minimum absolute atomic E-state index is 0.0689. The van der Waals surface area contributed by atoms with Crippen molar-refractivity contribution in [1.29, 1.82) is 0 Å². The Morgan fingerprint density at radius 3 is 2.65 bits per heavy atom. The number of cyclic esters (lactones) is 1. The van der Waals surface area contributed by atoms with Gasteiger partial charge in [-0.25, -0.2) is 4.98 Å². The van der Waals surface area contributed by atoms with Crippen LogP contribution in [-0.2, 0) is 9.53 Å². The highest BCUT2D eigenvalue weighted by molar-refractivity contribution is 5.92. The predicted molar refractivity (Wildman–Crippen MR) is 114 cm³/mol. The van der Waals surface area contributed by atoms with Crippen molar-refractivity contribution in [2.75, 3.05) is 33.2 Å². The van der Waals surface area contributed by atoms with Gasteiger partial charge in [-0.05, 0) is 37.9 Å². The lowest BCUT2D eigenvalue weighted by Crippen LogP contribution is -2.45. The number of carbonyl (C=O) groups excluding carboxylic acids is 2. The lowest BCUT2D eigenvalue weighted by Gasteiger charge is -2.36. The Morgan fingerprint density at radius 1 is 1.26 bits per heavy atom. The monoisotopic (exact) mass is 426 g/mol. The molecule has 1 spiro atoms. The number of amides is 1. The van der Waals surface area contributed by atoms with Crippen molar-refractivity contribution in [2.45, 2.75) is 39.2 Å². The molecule has 0 saturated carbocycles. The van der Waals surface area contributed by atoms with Crippen LogP contribution in [0.5, 0.6) is 0 Å². The van der Waals surface area contributed by atoms with Crippen LogP contribution in [-0.4, -0.2) is 80.8 Å². The Bertz CT molecular complexity index is 921. The molecule has 0 N–H and O–H groups in total. The van der Waals surface area contributed by atoms with Crippen LogP contribution in [0.3, 0.4) is 0 Å². The second kappa shape index (κ2) is 8.74. The van der Waals surface area contributed by atoms with Crippen molar-refractivity contribution in [3.05, 3.63) is 36.5 Å². The first-order valence-electron chi connectivity index (χ1n) is 10.9.